The lowest BCUT2D eigenvalue weighted by atomic mass is 9.98. The maximum atomic E-state index is 13.5. The minimum Gasteiger partial charge on any atom is -0.481 e. The third-order valence-electron chi connectivity index (χ3n) is 6.60. The van der Waals surface area contributed by atoms with Gasteiger partial charge in [0.05, 0.1) is 12.5 Å². The van der Waals surface area contributed by atoms with Crippen molar-refractivity contribution in [1.29, 1.82) is 0 Å². The van der Waals surface area contributed by atoms with Crippen LogP contribution in [-0.2, 0) is 20.8 Å². The molecule has 0 radical (unpaired) electrons. The van der Waals surface area contributed by atoms with Crippen LogP contribution in [0.2, 0.25) is 0 Å². The van der Waals surface area contributed by atoms with Gasteiger partial charge in [0.1, 0.15) is 11.9 Å². The monoisotopic (exact) mass is 550 g/mol. The molecule has 1 aromatic heterocycles. The van der Waals surface area contributed by atoms with E-state index in [2.05, 4.69) is 20.9 Å². The molecule has 0 fully saturated rings. The zero-order valence-corrected chi connectivity index (χ0v) is 22.7. The first-order valence-corrected chi connectivity index (χ1v) is 13.6. The van der Waals surface area contributed by atoms with Crippen molar-refractivity contribution in [3.63, 3.8) is 0 Å². The quantitative estimate of drug-likeness (QED) is 0.164. The first kappa shape index (κ1) is 29.0. The van der Waals surface area contributed by atoms with Crippen LogP contribution in [0.3, 0.4) is 0 Å². The van der Waals surface area contributed by atoms with E-state index in [1.807, 2.05) is 103 Å². The molecular formula is C33H34N4O4. The van der Waals surface area contributed by atoms with Crippen LogP contribution in [0.25, 0.3) is 11.1 Å². The number of aliphatic carboxylic acids is 1. The Morgan fingerprint density at radius 2 is 1.41 bits per heavy atom. The zero-order chi connectivity index (χ0) is 28.9. The highest BCUT2D eigenvalue weighted by Crippen LogP contribution is 2.24. The van der Waals surface area contributed by atoms with Crippen molar-refractivity contribution in [1.82, 2.24) is 15.6 Å². The summed E-state index contributed by atoms with van der Waals surface area (Å²) in [5.74, 6) is -1.000. The number of amides is 2. The predicted molar refractivity (Wildman–Crippen MR) is 159 cm³/mol. The van der Waals surface area contributed by atoms with Gasteiger partial charge >= 0.3 is 5.97 Å². The molecule has 0 aliphatic carbocycles. The molecule has 41 heavy (non-hydrogen) atoms. The number of carboxylic acids is 1. The molecule has 2 amide bonds. The third kappa shape index (κ3) is 9.32. The number of anilines is 1. The number of carboxylic acid groups (broad SMARTS) is 1. The van der Waals surface area contributed by atoms with Gasteiger partial charge in [-0.1, -0.05) is 91.0 Å². The second kappa shape index (κ2) is 15.0. The van der Waals surface area contributed by atoms with E-state index in [4.69, 9.17) is 0 Å². The van der Waals surface area contributed by atoms with Crippen molar-refractivity contribution in [2.75, 3.05) is 11.9 Å². The van der Waals surface area contributed by atoms with Crippen LogP contribution in [0, 0.1) is 0 Å². The minimum absolute atomic E-state index is 0.220. The van der Waals surface area contributed by atoms with Crippen LogP contribution in [0.15, 0.2) is 109 Å². The van der Waals surface area contributed by atoms with Gasteiger partial charge in [0.25, 0.3) is 0 Å². The van der Waals surface area contributed by atoms with E-state index in [1.165, 1.54) is 0 Å². The fourth-order valence-electron chi connectivity index (χ4n) is 4.50. The number of nitrogens with zero attached hydrogens (tertiary/aromatic N) is 1. The lowest BCUT2D eigenvalue weighted by Gasteiger charge is -2.23. The lowest BCUT2D eigenvalue weighted by molar-refractivity contribution is -0.138. The molecule has 0 bridgehead atoms. The van der Waals surface area contributed by atoms with Crippen LogP contribution in [-0.4, -0.2) is 40.5 Å². The third-order valence-corrected chi connectivity index (χ3v) is 6.60. The molecule has 8 heteroatoms. The summed E-state index contributed by atoms with van der Waals surface area (Å²) < 4.78 is 0. The SMILES string of the molecule is O=C(O)CC(NC(=O)[C@@H](Cc1ccccc1)NC(=O)CCCNc1ccccn1)c1ccc(-c2ccccc2)cc1. The minimum atomic E-state index is -1.04. The van der Waals surface area contributed by atoms with Gasteiger partial charge in [-0.25, -0.2) is 4.98 Å². The van der Waals surface area contributed by atoms with Crippen LogP contribution < -0.4 is 16.0 Å². The largest absolute Gasteiger partial charge is 0.481 e. The molecule has 0 saturated heterocycles. The van der Waals surface area contributed by atoms with E-state index in [9.17, 15) is 19.5 Å². The average Bonchev–Trinajstić information content (AvgIpc) is 3.00. The van der Waals surface area contributed by atoms with Gasteiger partial charge in [-0.15, -0.1) is 0 Å². The molecule has 0 saturated carbocycles. The fraction of sp³-hybridized carbons (Fsp3) is 0.212. The Morgan fingerprint density at radius 1 is 0.756 bits per heavy atom. The maximum absolute atomic E-state index is 13.5. The number of rotatable bonds is 14. The smallest absolute Gasteiger partial charge is 0.305 e. The van der Waals surface area contributed by atoms with E-state index in [1.54, 1.807) is 6.20 Å². The molecule has 0 aliphatic heterocycles. The van der Waals surface area contributed by atoms with Gasteiger partial charge in [-0.3, -0.25) is 14.4 Å². The molecule has 0 spiro atoms. The number of hydrogen-bond donors (Lipinski definition) is 4. The van der Waals surface area contributed by atoms with Gasteiger partial charge < -0.3 is 21.1 Å². The van der Waals surface area contributed by atoms with Crippen molar-refractivity contribution in [3.05, 3.63) is 120 Å². The van der Waals surface area contributed by atoms with Crippen molar-refractivity contribution in [3.8, 4) is 11.1 Å². The molecule has 3 aromatic carbocycles. The Morgan fingerprint density at radius 3 is 2.07 bits per heavy atom. The van der Waals surface area contributed by atoms with Gasteiger partial charge in [-0.2, -0.15) is 0 Å². The molecule has 4 N–H and O–H groups in total. The Hall–Kier alpha value is -4.98. The molecule has 210 valence electrons. The van der Waals surface area contributed by atoms with Crippen molar-refractivity contribution in [2.45, 2.75) is 37.8 Å². The normalized spacial score (nSPS) is 12.1. The summed E-state index contributed by atoms with van der Waals surface area (Å²) in [4.78, 5) is 42.3. The summed E-state index contributed by atoms with van der Waals surface area (Å²) in [6.07, 6.45) is 2.45. The molecule has 1 heterocycles. The van der Waals surface area contributed by atoms with E-state index in [0.29, 0.717) is 18.5 Å². The van der Waals surface area contributed by atoms with Gasteiger partial charge in [0.15, 0.2) is 0 Å². The topological polar surface area (TPSA) is 120 Å². The van der Waals surface area contributed by atoms with E-state index in [0.717, 1.165) is 22.5 Å². The number of carbonyl (C=O) groups excluding carboxylic acids is 2. The maximum Gasteiger partial charge on any atom is 0.305 e. The number of aromatic nitrogens is 1. The zero-order valence-electron chi connectivity index (χ0n) is 22.7. The second-order valence-electron chi connectivity index (χ2n) is 9.70. The molecule has 4 aromatic rings. The van der Waals surface area contributed by atoms with Gasteiger partial charge in [0.2, 0.25) is 11.8 Å². The van der Waals surface area contributed by atoms with Crippen LogP contribution in [0.5, 0.6) is 0 Å². The lowest BCUT2D eigenvalue weighted by Crippen LogP contribution is -2.49. The number of nitrogens with one attached hydrogen (secondary N) is 3. The summed E-state index contributed by atoms with van der Waals surface area (Å²) in [7, 11) is 0. The molecular weight excluding hydrogens is 516 g/mol. The number of pyridine rings is 1. The van der Waals surface area contributed by atoms with Crippen molar-refractivity contribution >= 4 is 23.6 Å². The standard InChI is InChI=1S/C33H34N4O4/c38-31(15-9-21-35-30-14-7-8-20-34-30)36-29(22-24-10-3-1-4-11-24)33(41)37-28(23-32(39)40)27-18-16-26(17-19-27)25-12-5-2-6-13-25/h1-8,10-14,16-20,28-29H,9,15,21-23H2,(H,34,35)(H,36,38)(H,37,41)(H,39,40)/t28?,29-/m1/s1. The highest BCUT2D eigenvalue weighted by Gasteiger charge is 2.26. The van der Waals surface area contributed by atoms with Gasteiger partial charge in [0, 0.05) is 25.6 Å². The molecule has 2 atom stereocenters. The predicted octanol–water partition coefficient (Wildman–Crippen LogP) is 5.00. The highest BCUT2D eigenvalue weighted by atomic mass is 16.4. The number of hydrogen-bond acceptors (Lipinski definition) is 5. The first-order chi connectivity index (χ1) is 20.0. The molecule has 4 rings (SSSR count). The summed E-state index contributed by atoms with van der Waals surface area (Å²) >= 11 is 0. The van der Waals surface area contributed by atoms with Gasteiger partial charge in [-0.05, 0) is 40.8 Å². The summed E-state index contributed by atoms with van der Waals surface area (Å²) in [5.41, 5.74) is 3.58. The van der Waals surface area contributed by atoms with Crippen LogP contribution in [0.4, 0.5) is 5.82 Å². The molecule has 0 aliphatic rings. The average molecular weight is 551 g/mol. The van der Waals surface area contributed by atoms with E-state index >= 15 is 0 Å². The van der Waals surface area contributed by atoms with Crippen molar-refractivity contribution < 1.29 is 19.5 Å². The summed E-state index contributed by atoms with van der Waals surface area (Å²) in [5, 5.41) is 18.5. The van der Waals surface area contributed by atoms with Crippen LogP contribution >= 0.6 is 0 Å². The van der Waals surface area contributed by atoms with E-state index < -0.39 is 24.0 Å². The Labute approximate surface area is 239 Å². The fourth-order valence-corrected chi connectivity index (χ4v) is 4.50. The Balaban J connectivity index is 1.42. The number of carbonyl (C=O) groups is 3. The Kier molecular flexibility index (Phi) is 10.6. The Bertz CT molecular complexity index is 1400. The summed E-state index contributed by atoms with van der Waals surface area (Å²) in [6, 6.07) is 30.7. The van der Waals surface area contributed by atoms with E-state index in [-0.39, 0.29) is 25.2 Å². The highest BCUT2D eigenvalue weighted by molar-refractivity contribution is 5.88. The van der Waals surface area contributed by atoms with Crippen LogP contribution in [0.1, 0.15) is 36.4 Å². The summed E-state index contributed by atoms with van der Waals surface area (Å²) in [6.45, 7) is 0.555. The molecule has 8 nitrogen and oxygen atoms in total. The molecule has 1 unspecified atom stereocenters. The first-order valence-electron chi connectivity index (χ1n) is 13.6. The van der Waals surface area contributed by atoms with Crippen molar-refractivity contribution in [2.24, 2.45) is 0 Å². The number of benzene rings is 3. The second-order valence-corrected chi connectivity index (χ2v) is 9.70.